The van der Waals surface area contributed by atoms with E-state index in [2.05, 4.69) is 75.2 Å². The Morgan fingerprint density at radius 1 is 1.05 bits per heavy atom. The van der Waals surface area contributed by atoms with Crippen LogP contribution in [0.4, 0.5) is 0 Å². The average Bonchev–Trinajstić information content (AvgIpc) is 2.55. The fourth-order valence-electron chi connectivity index (χ4n) is 3.81. The molecule has 0 spiro atoms. The Kier molecular flexibility index (Phi) is 4.35. The van der Waals surface area contributed by atoms with Crippen molar-refractivity contribution in [1.82, 2.24) is 4.90 Å². The lowest BCUT2D eigenvalue weighted by Crippen LogP contribution is -2.40. The van der Waals surface area contributed by atoms with Crippen LogP contribution in [-0.2, 0) is 6.42 Å². The summed E-state index contributed by atoms with van der Waals surface area (Å²) < 4.78 is 0. The average molecular weight is 293 g/mol. The first-order valence-corrected chi connectivity index (χ1v) is 8.47. The van der Waals surface area contributed by atoms with Crippen LogP contribution in [-0.4, -0.2) is 24.5 Å². The van der Waals surface area contributed by atoms with Crippen molar-refractivity contribution >= 4 is 0 Å². The molecular formula is C21H27N. The van der Waals surface area contributed by atoms with E-state index >= 15 is 0 Å². The highest BCUT2D eigenvalue weighted by Gasteiger charge is 2.32. The normalized spacial score (nSPS) is 21.0. The number of rotatable bonds is 3. The predicted molar refractivity (Wildman–Crippen MR) is 94.6 cm³/mol. The molecule has 1 aliphatic rings. The number of aryl methyl sites for hydroxylation is 3. The van der Waals surface area contributed by atoms with Gasteiger partial charge in [-0.2, -0.15) is 0 Å². The Labute approximate surface area is 135 Å². The Morgan fingerprint density at radius 3 is 2.55 bits per heavy atom. The lowest BCUT2D eigenvalue weighted by molar-refractivity contribution is 0.213. The summed E-state index contributed by atoms with van der Waals surface area (Å²) in [6.45, 7) is 7.79. The van der Waals surface area contributed by atoms with Gasteiger partial charge in [0, 0.05) is 12.0 Å². The van der Waals surface area contributed by atoms with Crippen molar-refractivity contribution in [3.05, 3.63) is 70.3 Å². The minimum absolute atomic E-state index is 0.495. The molecule has 22 heavy (non-hydrogen) atoms. The van der Waals surface area contributed by atoms with E-state index in [0.29, 0.717) is 12.0 Å². The van der Waals surface area contributed by atoms with E-state index in [0.717, 1.165) is 6.54 Å². The Balaban J connectivity index is 2.10. The van der Waals surface area contributed by atoms with Gasteiger partial charge in [0.05, 0.1) is 0 Å². The molecule has 3 rings (SSSR count). The molecule has 0 radical (unpaired) electrons. The molecule has 0 amide bonds. The molecule has 1 heteroatoms. The van der Waals surface area contributed by atoms with E-state index in [1.165, 1.54) is 40.7 Å². The number of benzene rings is 2. The molecule has 1 aliphatic carbocycles. The van der Waals surface area contributed by atoms with Crippen LogP contribution in [0.3, 0.4) is 0 Å². The number of hydrogen-bond acceptors (Lipinski definition) is 1. The summed E-state index contributed by atoms with van der Waals surface area (Å²) in [4.78, 5) is 2.52. The van der Waals surface area contributed by atoms with Crippen LogP contribution in [0.1, 0.15) is 47.1 Å². The van der Waals surface area contributed by atoms with E-state index in [1.807, 2.05) is 0 Å². The van der Waals surface area contributed by atoms with Crippen LogP contribution in [0.5, 0.6) is 0 Å². The number of nitrogens with zero attached hydrogens (tertiary/aromatic N) is 1. The van der Waals surface area contributed by atoms with Crippen LogP contribution in [0.2, 0.25) is 0 Å². The van der Waals surface area contributed by atoms with Crippen LogP contribution in [0.25, 0.3) is 0 Å². The molecule has 0 saturated heterocycles. The van der Waals surface area contributed by atoms with E-state index in [4.69, 9.17) is 0 Å². The van der Waals surface area contributed by atoms with Crippen molar-refractivity contribution in [3.63, 3.8) is 0 Å². The summed E-state index contributed by atoms with van der Waals surface area (Å²) in [5.74, 6) is 0.495. The highest BCUT2D eigenvalue weighted by Crippen LogP contribution is 2.39. The summed E-state index contributed by atoms with van der Waals surface area (Å²) in [6, 6.07) is 16.6. The zero-order valence-electron chi connectivity index (χ0n) is 14.3. The fraction of sp³-hybridized carbons (Fsp3) is 0.429. The van der Waals surface area contributed by atoms with E-state index < -0.39 is 0 Å². The van der Waals surface area contributed by atoms with Gasteiger partial charge in [0.2, 0.25) is 0 Å². The Morgan fingerprint density at radius 2 is 1.82 bits per heavy atom. The number of hydrogen-bond donors (Lipinski definition) is 0. The zero-order chi connectivity index (χ0) is 15.7. The molecule has 0 aromatic heterocycles. The van der Waals surface area contributed by atoms with Gasteiger partial charge in [0.1, 0.15) is 0 Å². The maximum Gasteiger partial charge on any atom is 0.0248 e. The summed E-state index contributed by atoms with van der Waals surface area (Å²) in [6.07, 6.45) is 2.45. The first kappa shape index (κ1) is 15.3. The molecule has 0 aliphatic heterocycles. The summed E-state index contributed by atoms with van der Waals surface area (Å²) in [7, 11) is 2.27. The van der Waals surface area contributed by atoms with Gasteiger partial charge in [-0.15, -0.1) is 0 Å². The van der Waals surface area contributed by atoms with Gasteiger partial charge in [0.25, 0.3) is 0 Å². The molecule has 2 aromatic carbocycles. The Hall–Kier alpha value is -1.60. The lowest BCUT2D eigenvalue weighted by Gasteiger charge is -2.39. The first-order valence-electron chi connectivity index (χ1n) is 8.47. The molecule has 116 valence electrons. The topological polar surface area (TPSA) is 3.24 Å². The second-order valence-electron chi connectivity index (χ2n) is 6.70. The standard InChI is InChI=1S/C21H27N/c1-5-22(4)20-13-12-17-8-6-7-9-19(17)21(20)18-11-10-15(2)16(3)14-18/h6-11,14,20-21H,5,12-13H2,1-4H3/t20-,21-/m0/s1. The van der Waals surface area contributed by atoms with Crippen LogP contribution < -0.4 is 0 Å². The van der Waals surface area contributed by atoms with Crippen LogP contribution in [0, 0.1) is 13.8 Å². The second-order valence-corrected chi connectivity index (χ2v) is 6.70. The van der Waals surface area contributed by atoms with Crippen molar-refractivity contribution in [2.75, 3.05) is 13.6 Å². The molecule has 2 aromatic rings. The SMILES string of the molecule is CCN(C)[C@H]1CCc2ccccc2[C@@H]1c1ccc(C)c(C)c1. The molecule has 1 nitrogen and oxygen atoms in total. The van der Waals surface area contributed by atoms with Crippen molar-refractivity contribution < 1.29 is 0 Å². The third kappa shape index (κ3) is 2.70. The maximum absolute atomic E-state index is 2.52. The van der Waals surface area contributed by atoms with Crippen LogP contribution in [0.15, 0.2) is 42.5 Å². The third-order valence-corrected chi connectivity index (χ3v) is 5.44. The fourth-order valence-corrected chi connectivity index (χ4v) is 3.81. The Bertz CT molecular complexity index is 659. The molecule has 0 saturated carbocycles. The number of likely N-dealkylation sites (N-methyl/N-ethyl adjacent to an activating group) is 1. The predicted octanol–water partition coefficient (Wildman–Crippen LogP) is 4.70. The molecule has 0 unspecified atom stereocenters. The monoisotopic (exact) mass is 293 g/mol. The summed E-state index contributed by atoms with van der Waals surface area (Å²) >= 11 is 0. The highest BCUT2D eigenvalue weighted by atomic mass is 15.1. The van der Waals surface area contributed by atoms with E-state index in [9.17, 15) is 0 Å². The molecule has 0 N–H and O–H groups in total. The van der Waals surface area contributed by atoms with Crippen molar-refractivity contribution in [2.45, 2.75) is 45.6 Å². The largest absolute Gasteiger partial charge is 0.303 e. The second kappa shape index (κ2) is 6.26. The summed E-state index contributed by atoms with van der Waals surface area (Å²) in [5.41, 5.74) is 7.32. The van der Waals surface area contributed by atoms with Gasteiger partial charge in [-0.25, -0.2) is 0 Å². The van der Waals surface area contributed by atoms with Gasteiger partial charge in [-0.1, -0.05) is 49.4 Å². The highest BCUT2D eigenvalue weighted by molar-refractivity contribution is 5.44. The molecule has 2 atom stereocenters. The zero-order valence-corrected chi connectivity index (χ0v) is 14.3. The molecule has 0 bridgehead atoms. The minimum Gasteiger partial charge on any atom is -0.303 e. The molecular weight excluding hydrogens is 266 g/mol. The van der Waals surface area contributed by atoms with Crippen molar-refractivity contribution in [2.24, 2.45) is 0 Å². The summed E-state index contributed by atoms with van der Waals surface area (Å²) in [5, 5.41) is 0. The lowest BCUT2D eigenvalue weighted by atomic mass is 9.74. The van der Waals surface area contributed by atoms with Gasteiger partial charge < -0.3 is 4.90 Å². The first-order chi connectivity index (χ1) is 10.6. The van der Waals surface area contributed by atoms with Crippen molar-refractivity contribution in [1.29, 1.82) is 0 Å². The maximum atomic E-state index is 2.52. The van der Waals surface area contributed by atoms with Crippen LogP contribution >= 0.6 is 0 Å². The molecule has 0 heterocycles. The van der Waals surface area contributed by atoms with Gasteiger partial charge >= 0.3 is 0 Å². The van der Waals surface area contributed by atoms with Gasteiger partial charge in [0.15, 0.2) is 0 Å². The van der Waals surface area contributed by atoms with Gasteiger partial charge in [-0.05, 0) is 68.1 Å². The van der Waals surface area contributed by atoms with Gasteiger partial charge in [-0.3, -0.25) is 0 Å². The van der Waals surface area contributed by atoms with Crippen molar-refractivity contribution in [3.8, 4) is 0 Å². The third-order valence-electron chi connectivity index (χ3n) is 5.44. The van der Waals surface area contributed by atoms with E-state index in [-0.39, 0.29) is 0 Å². The minimum atomic E-state index is 0.495. The quantitative estimate of drug-likeness (QED) is 0.792. The smallest absolute Gasteiger partial charge is 0.0248 e. The molecule has 0 fully saturated rings. The van der Waals surface area contributed by atoms with E-state index in [1.54, 1.807) is 0 Å². The number of fused-ring (bicyclic) bond motifs is 1.